The average molecular weight is 737 g/mol. The van der Waals surface area contributed by atoms with Gasteiger partial charge in [0.25, 0.3) is 0 Å². The second-order valence-electron chi connectivity index (χ2n) is 14.7. The predicted octanol–water partition coefficient (Wildman–Crippen LogP) is 11.6. The highest BCUT2D eigenvalue weighted by molar-refractivity contribution is 6.13. The molecular formula is C50H44N2O4. The Morgan fingerprint density at radius 2 is 1.05 bits per heavy atom. The van der Waals surface area contributed by atoms with Gasteiger partial charge in [-0.3, -0.25) is 4.99 Å². The number of fused-ring (bicyclic) bond motifs is 4. The Morgan fingerprint density at radius 3 is 1.62 bits per heavy atom. The minimum atomic E-state index is -0.00890. The number of phenolic OH excluding ortho intramolecular Hbond substituents is 2. The highest BCUT2D eigenvalue weighted by atomic mass is 16.5. The zero-order valence-electron chi connectivity index (χ0n) is 31.6. The molecule has 3 N–H and O–H groups in total. The maximum Gasteiger partial charge on any atom is 0.132 e. The second kappa shape index (κ2) is 15.0. The summed E-state index contributed by atoms with van der Waals surface area (Å²) >= 11 is 0. The molecule has 0 heterocycles. The van der Waals surface area contributed by atoms with Gasteiger partial charge in [0.2, 0.25) is 0 Å². The van der Waals surface area contributed by atoms with Crippen molar-refractivity contribution in [3.63, 3.8) is 0 Å². The number of rotatable bonds is 9. The van der Waals surface area contributed by atoms with E-state index in [1.807, 2.05) is 72.9 Å². The maximum absolute atomic E-state index is 12.1. The summed E-state index contributed by atoms with van der Waals surface area (Å²) in [7, 11) is 3.36. The molecule has 1 aliphatic rings. The number of benzene rings is 8. The Bertz CT molecular complexity index is 2790. The molecule has 56 heavy (non-hydrogen) atoms. The lowest BCUT2D eigenvalue weighted by atomic mass is 9.89. The molecule has 1 saturated carbocycles. The number of nitrogens with one attached hydrogen (secondary N) is 1. The van der Waals surface area contributed by atoms with Gasteiger partial charge in [-0.05, 0) is 80.2 Å². The van der Waals surface area contributed by atoms with E-state index >= 15 is 0 Å². The third kappa shape index (κ3) is 6.26. The molecule has 0 aromatic heterocycles. The first-order valence-electron chi connectivity index (χ1n) is 19.4. The van der Waals surface area contributed by atoms with Crippen molar-refractivity contribution in [1.29, 1.82) is 0 Å². The minimum absolute atomic E-state index is 0.00890. The van der Waals surface area contributed by atoms with Crippen LogP contribution < -0.4 is 14.8 Å². The number of hydrogen-bond donors (Lipinski definition) is 3. The highest BCUT2D eigenvalue weighted by Crippen LogP contribution is 2.48. The van der Waals surface area contributed by atoms with Crippen LogP contribution in [-0.4, -0.2) is 42.7 Å². The quantitative estimate of drug-likeness (QED) is 0.129. The SMILES string of the molecule is COc1ccc2ccccc2c1-c1c(O)c(/C=N/[C@H]2CCCCC2NCc2cc3ccccc3c(-c3c(OC)ccc4ccccc34)c2O)cc2ccccc12. The molecule has 0 bridgehead atoms. The minimum Gasteiger partial charge on any atom is -0.507 e. The van der Waals surface area contributed by atoms with Gasteiger partial charge in [0.05, 0.1) is 20.3 Å². The molecule has 2 atom stereocenters. The predicted molar refractivity (Wildman–Crippen MR) is 231 cm³/mol. The fourth-order valence-electron chi connectivity index (χ4n) is 8.80. The lowest BCUT2D eigenvalue weighted by Gasteiger charge is -2.30. The number of hydrogen-bond acceptors (Lipinski definition) is 6. The molecule has 0 radical (unpaired) electrons. The van der Waals surface area contributed by atoms with Gasteiger partial charge < -0.3 is 25.0 Å². The molecule has 278 valence electrons. The number of nitrogens with zero attached hydrogens (tertiary/aromatic N) is 1. The molecule has 0 amide bonds. The van der Waals surface area contributed by atoms with Crippen LogP contribution in [0, 0.1) is 0 Å². The Balaban J connectivity index is 1.07. The van der Waals surface area contributed by atoms with Gasteiger partial charge in [-0.2, -0.15) is 0 Å². The number of aromatic hydroxyl groups is 2. The highest BCUT2D eigenvalue weighted by Gasteiger charge is 2.26. The first-order chi connectivity index (χ1) is 27.5. The van der Waals surface area contributed by atoms with Gasteiger partial charge in [0.15, 0.2) is 0 Å². The molecule has 1 unspecified atom stereocenters. The van der Waals surface area contributed by atoms with Crippen LogP contribution in [0.15, 0.2) is 138 Å². The maximum atomic E-state index is 12.1. The van der Waals surface area contributed by atoms with E-state index in [0.717, 1.165) is 102 Å². The topological polar surface area (TPSA) is 83.3 Å². The van der Waals surface area contributed by atoms with Crippen LogP contribution in [0.5, 0.6) is 23.0 Å². The van der Waals surface area contributed by atoms with Gasteiger partial charge in [-0.25, -0.2) is 0 Å². The number of ether oxygens (including phenoxy) is 2. The molecule has 6 heteroatoms. The fourth-order valence-corrected chi connectivity index (χ4v) is 8.80. The van der Waals surface area contributed by atoms with Gasteiger partial charge in [-0.1, -0.05) is 122 Å². The monoisotopic (exact) mass is 736 g/mol. The third-order valence-electron chi connectivity index (χ3n) is 11.6. The van der Waals surface area contributed by atoms with Crippen molar-refractivity contribution in [1.82, 2.24) is 5.32 Å². The van der Waals surface area contributed by atoms with E-state index in [9.17, 15) is 10.2 Å². The van der Waals surface area contributed by atoms with Gasteiger partial charge >= 0.3 is 0 Å². The van der Waals surface area contributed by atoms with E-state index < -0.39 is 0 Å². The Morgan fingerprint density at radius 1 is 0.571 bits per heavy atom. The molecular weight excluding hydrogens is 693 g/mol. The van der Waals surface area contributed by atoms with Crippen LogP contribution in [0.4, 0.5) is 0 Å². The number of methoxy groups -OCH3 is 2. The van der Waals surface area contributed by atoms with E-state index in [1.165, 1.54) is 0 Å². The summed E-state index contributed by atoms with van der Waals surface area (Å²) in [4.78, 5) is 5.19. The third-order valence-corrected chi connectivity index (χ3v) is 11.6. The summed E-state index contributed by atoms with van der Waals surface area (Å²) < 4.78 is 11.8. The van der Waals surface area contributed by atoms with Crippen molar-refractivity contribution in [2.24, 2.45) is 4.99 Å². The summed E-state index contributed by atoms with van der Waals surface area (Å²) in [6.07, 6.45) is 5.91. The van der Waals surface area contributed by atoms with Crippen LogP contribution in [0.1, 0.15) is 36.8 Å². The summed E-state index contributed by atoms with van der Waals surface area (Å²) in [6.45, 7) is 0.472. The second-order valence-corrected chi connectivity index (χ2v) is 14.7. The number of phenols is 2. The van der Waals surface area contributed by atoms with Crippen molar-refractivity contribution < 1.29 is 19.7 Å². The summed E-state index contributed by atoms with van der Waals surface area (Å²) in [5.74, 6) is 1.85. The summed E-state index contributed by atoms with van der Waals surface area (Å²) in [5.41, 5.74) is 4.75. The smallest absolute Gasteiger partial charge is 0.132 e. The largest absolute Gasteiger partial charge is 0.507 e. The molecule has 1 aliphatic carbocycles. The van der Waals surface area contributed by atoms with E-state index in [2.05, 4.69) is 72.0 Å². The zero-order valence-corrected chi connectivity index (χ0v) is 31.6. The van der Waals surface area contributed by atoms with Crippen LogP contribution >= 0.6 is 0 Å². The summed E-state index contributed by atoms with van der Waals surface area (Å²) in [6, 6.07) is 45.1. The normalized spacial score (nSPS) is 16.0. The van der Waals surface area contributed by atoms with E-state index in [4.69, 9.17) is 14.5 Å². The van der Waals surface area contributed by atoms with E-state index in [-0.39, 0.29) is 23.6 Å². The molecule has 8 aromatic rings. The molecule has 0 spiro atoms. The Labute approximate surface area is 326 Å². The lowest BCUT2D eigenvalue weighted by molar-refractivity contribution is 0.327. The molecule has 8 aromatic carbocycles. The average Bonchev–Trinajstić information content (AvgIpc) is 3.25. The first-order valence-corrected chi connectivity index (χ1v) is 19.4. The van der Waals surface area contributed by atoms with Gasteiger partial charge in [-0.15, -0.1) is 0 Å². The van der Waals surface area contributed by atoms with Crippen LogP contribution in [0.2, 0.25) is 0 Å². The first kappa shape index (κ1) is 35.3. The van der Waals surface area contributed by atoms with Crippen LogP contribution in [-0.2, 0) is 6.54 Å². The van der Waals surface area contributed by atoms with Crippen LogP contribution in [0.25, 0.3) is 65.3 Å². The van der Waals surface area contributed by atoms with Crippen molar-refractivity contribution in [3.8, 4) is 45.3 Å². The van der Waals surface area contributed by atoms with E-state index in [1.54, 1.807) is 14.2 Å². The Kier molecular flexibility index (Phi) is 9.49. The van der Waals surface area contributed by atoms with Gasteiger partial charge in [0.1, 0.15) is 23.0 Å². The lowest BCUT2D eigenvalue weighted by Crippen LogP contribution is -2.40. The van der Waals surface area contributed by atoms with Crippen LogP contribution in [0.3, 0.4) is 0 Å². The Hall–Kier alpha value is -6.37. The molecule has 6 nitrogen and oxygen atoms in total. The molecule has 9 rings (SSSR count). The van der Waals surface area contributed by atoms with Gasteiger partial charge in [0, 0.05) is 52.2 Å². The molecule has 0 aliphatic heterocycles. The standard InChI is InChI=1S/C50H44N2O4/c1-55-43-25-23-31-13-3-7-17-37(31)45(43)47-39-19-9-5-15-33(39)27-35(49(47)53)29-51-41-21-11-12-22-42(41)52-30-36-28-34-16-6-10-20-40(34)48(50(36)54)46-38-18-8-4-14-32(38)24-26-44(46)56-2/h3-10,13-20,23-29,41-42,52-54H,11-12,21-22,30H2,1-2H3/b51-29+/t41-,42?/m0/s1. The molecule has 0 saturated heterocycles. The van der Waals surface area contributed by atoms with E-state index in [0.29, 0.717) is 17.9 Å². The molecule has 1 fully saturated rings. The number of aliphatic imine (C=N–C) groups is 1. The fraction of sp³-hybridized carbons (Fsp3) is 0.180. The van der Waals surface area contributed by atoms with Crippen molar-refractivity contribution >= 4 is 49.3 Å². The van der Waals surface area contributed by atoms with Crippen molar-refractivity contribution in [2.75, 3.05) is 14.2 Å². The summed E-state index contributed by atoms with van der Waals surface area (Å²) in [5, 5.41) is 36.2. The van der Waals surface area contributed by atoms with Crippen molar-refractivity contribution in [2.45, 2.75) is 44.3 Å². The van der Waals surface area contributed by atoms with Crippen molar-refractivity contribution in [3.05, 3.63) is 145 Å². The zero-order chi connectivity index (χ0) is 38.2.